The summed E-state index contributed by atoms with van der Waals surface area (Å²) in [6.45, 7) is 6.65. The molecule has 0 aromatic heterocycles. The maximum atomic E-state index is 12.6. The minimum Gasteiger partial charge on any atom is -0.489 e. The first kappa shape index (κ1) is 21.9. The smallest absolute Gasteiger partial charge is 0.266 e. The predicted octanol–water partition coefficient (Wildman–Crippen LogP) is 5.99. The van der Waals surface area contributed by atoms with Crippen LogP contribution in [0.25, 0.3) is 6.08 Å². The first-order valence-electron chi connectivity index (χ1n) is 10.3. The number of benzene rings is 3. The largest absolute Gasteiger partial charge is 0.489 e. The minimum atomic E-state index is -0.418. The van der Waals surface area contributed by atoms with Gasteiger partial charge in [-0.3, -0.25) is 4.79 Å². The van der Waals surface area contributed by atoms with Crippen molar-refractivity contribution in [1.82, 2.24) is 0 Å². The third-order valence-corrected chi connectivity index (χ3v) is 4.89. The Bertz CT molecular complexity index is 1120. The summed E-state index contributed by atoms with van der Waals surface area (Å²) in [4.78, 5) is 12.6. The predicted molar refractivity (Wildman–Crippen MR) is 125 cm³/mol. The second-order valence-electron chi connectivity index (χ2n) is 7.49. The molecule has 3 aromatic carbocycles. The monoisotopic (exact) mass is 410 g/mol. The highest BCUT2D eigenvalue weighted by Gasteiger charge is 2.11. The molecule has 0 aliphatic heterocycles. The van der Waals surface area contributed by atoms with Crippen molar-refractivity contribution in [2.75, 3.05) is 5.32 Å². The van der Waals surface area contributed by atoms with E-state index in [0.29, 0.717) is 6.61 Å². The summed E-state index contributed by atoms with van der Waals surface area (Å²) in [5.74, 6) is 0.315. The minimum absolute atomic E-state index is 0.0508. The van der Waals surface area contributed by atoms with Gasteiger partial charge in [-0.2, -0.15) is 5.26 Å². The quantitative estimate of drug-likeness (QED) is 0.384. The van der Waals surface area contributed by atoms with Crippen LogP contribution in [0.2, 0.25) is 0 Å². The van der Waals surface area contributed by atoms with Crippen LogP contribution in [0.4, 0.5) is 5.69 Å². The fraction of sp³-hybridized carbons (Fsp3) is 0.185. The van der Waals surface area contributed by atoms with Gasteiger partial charge in [0.15, 0.2) is 0 Å². The molecule has 0 fully saturated rings. The molecule has 0 atom stereocenters. The van der Waals surface area contributed by atoms with E-state index in [0.717, 1.165) is 34.5 Å². The molecule has 0 saturated carbocycles. The normalized spacial score (nSPS) is 11.0. The number of hydrogen-bond donors (Lipinski definition) is 1. The molecule has 1 amide bonds. The number of amides is 1. The molecule has 0 aliphatic rings. The summed E-state index contributed by atoms with van der Waals surface area (Å²) in [6, 6.07) is 23.3. The molecule has 0 radical (unpaired) electrons. The van der Waals surface area contributed by atoms with Crippen LogP contribution in [-0.4, -0.2) is 5.91 Å². The van der Waals surface area contributed by atoms with Gasteiger partial charge in [0.25, 0.3) is 5.91 Å². The van der Waals surface area contributed by atoms with E-state index in [-0.39, 0.29) is 5.57 Å². The summed E-state index contributed by atoms with van der Waals surface area (Å²) in [6.07, 6.45) is 2.38. The van der Waals surface area contributed by atoms with Crippen LogP contribution >= 0.6 is 0 Å². The second kappa shape index (κ2) is 10.3. The van der Waals surface area contributed by atoms with Gasteiger partial charge < -0.3 is 10.1 Å². The SMILES string of the molecule is CCc1ccccc1NC(=O)/C(C#N)=C/c1ccc(OCc2cc(C)cc(C)c2)cc1. The molecule has 3 aromatic rings. The topological polar surface area (TPSA) is 62.1 Å². The van der Waals surface area contributed by atoms with E-state index in [1.165, 1.54) is 11.1 Å². The van der Waals surface area contributed by atoms with E-state index >= 15 is 0 Å². The van der Waals surface area contributed by atoms with Gasteiger partial charge in [-0.1, -0.05) is 66.6 Å². The van der Waals surface area contributed by atoms with Crippen molar-refractivity contribution in [2.45, 2.75) is 33.8 Å². The number of hydrogen-bond acceptors (Lipinski definition) is 3. The van der Waals surface area contributed by atoms with Crippen molar-refractivity contribution in [3.05, 3.63) is 100 Å². The van der Waals surface area contributed by atoms with E-state index in [4.69, 9.17) is 4.74 Å². The Hall–Kier alpha value is -3.84. The molecule has 1 N–H and O–H groups in total. The van der Waals surface area contributed by atoms with Crippen LogP contribution < -0.4 is 10.1 Å². The van der Waals surface area contributed by atoms with Crippen molar-refractivity contribution >= 4 is 17.7 Å². The number of ether oxygens (including phenoxy) is 1. The molecule has 0 saturated heterocycles. The molecule has 4 heteroatoms. The number of nitrogens with zero attached hydrogens (tertiary/aromatic N) is 1. The molecule has 156 valence electrons. The highest BCUT2D eigenvalue weighted by Crippen LogP contribution is 2.19. The van der Waals surface area contributed by atoms with Crippen molar-refractivity contribution in [3.63, 3.8) is 0 Å². The Kier molecular flexibility index (Phi) is 7.24. The molecule has 0 aliphatic carbocycles. The average Bonchev–Trinajstić information content (AvgIpc) is 2.76. The summed E-state index contributed by atoms with van der Waals surface area (Å²) in [5.41, 5.74) is 6.11. The van der Waals surface area contributed by atoms with Crippen LogP contribution in [0.3, 0.4) is 0 Å². The third-order valence-electron chi connectivity index (χ3n) is 4.89. The van der Waals surface area contributed by atoms with Gasteiger partial charge in [0, 0.05) is 5.69 Å². The van der Waals surface area contributed by atoms with E-state index in [1.54, 1.807) is 6.08 Å². The zero-order valence-electron chi connectivity index (χ0n) is 18.1. The maximum Gasteiger partial charge on any atom is 0.266 e. The summed E-state index contributed by atoms with van der Waals surface area (Å²) < 4.78 is 5.88. The van der Waals surface area contributed by atoms with Gasteiger partial charge in [0.1, 0.15) is 24.0 Å². The first-order chi connectivity index (χ1) is 15.0. The molecule has 0 bridgehead atoms. The number of nitrogens with one attached hydrogen (secondary N) is 1. The number of aryl methyl sites for hydroxylation is 3. The summed E-state index contributed by atoms with van der Waals surface area (Å²) >= 11 is 0. The fourth-order valence-corrected chi connectivity index (χ4v) is 3.43. The zero-order chi connectivity index (χ0) is 22.2. The van der Waals surface area contributed by atoms with Crippen LogP contribution in [0.5, 0.6) is 5.75 Å². The van der Waals surface area contributed by atoms with Crippen molar-refractivity contribution in [1.29, 1.82) is 5.26 Å². The van der Waals surface area contributed by atoms with E-state index in [2.05, 4.69) is 37.4 Å². The molecule has 4 nitrogen and oxygen atoms in total. The van der Waals surface area contributed by atoms with Gasteiger partial charge in [0.05, 0.1) is 0 Å². The standard InChI is InChI=1S/C27H26N2O2/c1-4-23-7-5-6-8-26(23)29-27(30)24(17-28)16-21-9-11-25(12-10-21)31-18-22-14-19(2)13-20(3)15-22/h5-16H,4,18H2,1-3H3,(H,29,30)/b24-16+. The molecular formula is C27H26N2O2. The molecule has 31 heavy (non-hydrogen) atoms. The van der Waals surface area contributed by atoms with Crippen LogP contribution in [0, 0.1) is 25.2 Å². The number of rotatable bonds is 7. The lowest BCUT2D eigenvalue weighted by Gasteiger charge is -2.09. The Morgan fingerprint density at radius 1 is 1.03 bits per heavy atom. The fourth-order valence-electron chi connectivity index (χ4n) is 3.43. The van der Waals surface area contributed by atoms with Crippen LogP contribution in [-0.2, 0) is 17.8 Å². The number of nitriles is 1. The van der Waals surface area contributed by atoms with Crippen molar-refractivity contribution in [2.24, 2.45) is 0 Å². The van der Waals surface area contributed by atoms with Gasteiger partial charge in [-0.05, 0) is 61.2 Å². The zero-order valence-corrected chi connectivity index (χ0v) is 18.1. The molecule has 0 unspecified atom stereocenters. The third kappa shape index (κ3) is 6.07. The van der Waals surface area contributed by atoms with Gasteiger partial charge in [0.2, 0.25) is 0 Å². The number of para-hydroxylation sites is 1. The second-order valence-corrected chi connectivity index (χ2v) is 7.49. The Balaban J connectivity index is 1.67. The molecule has 0 spiro atoms. The molecular weight excluding hydrogens is 384 g/mol. The maximum absolute atomic E-state index is 12.6. The first-order valence-corrected chi connectivity index (χ1v) is 10.3. The average molecular weight is 411 g/mol. The number of carbonyl (C=O) groups excluding carboxylic acids is 1. The van der Waals surface area contributed by atoms with Crippen LogP contribution in [0.15, 0.2) is 72.3 Å². The molecule has 3 rings (SSSR count). The van der Waals surface area contributed by atoms with Crippen molar-refractivity contribution < 1.29 is 9.53 Å². The highest BCUT2D eigenvalue weighted by molar-refractivity contribution is 6.09. The number of carbonyl (C=O) groups is 1. The van der Waals surface area contributed by atoms with Gasteiger partial charge in [-0.15, -0.1) is 0 Å². The van der Waals surface area contributed by atoms with Crippen LogP contribution in [0.1, 0.15) is 34.7 Å². The Morgan fingerprint density at radius 2 is 1.71 bits per heavy atom. The lowest BCUT2D eigenvalue weighted by molar-refractivity contribution is -0.112. The number of anilines is 1. The van der Waals surface area contributed by atoms with Crippen molar-refractivity contribution in [3.8, 4) is 11.8 Å². The lowest BCUT2D eigenvalue weighted by atomic mass is 10.1. The van der Waals surface area contributed by atoms with E-state index < -0.39 is 5.91 Å². The highest BCUT2D eigenvalue weighted by atomic mass is 16.5. The summed E-state index contributed by atoms with van der Waals surface area (Å²) in [5, 5.41) is 12.3. The lowest BCUT2D eigenvalue weighted by Crippen LogP contribution is -2.14. The summed E-state index contributed by atoms with van der Waals surface area (Å²) in [7, 11) is 0. The van der Waals surface area contributed by atoms with Gasteiger partial charge >= 0.3 is 0 Å². The molecule has 0 heterocycles. The van der Waals surface area contributed by atoms with Gasteiger partial charge in [-0.25, -0.2) is 0 Å². The Labute approximate surface area is 183 Å². The van der Waals surface area contributed by atoms with E-state index in [9.17, 15) is 10.1 Å². The van der Waals surface area contributed by atoms with E-state index in [1.807, 2.05) is 61.5 Å². The Morgan fingerprint density at radius 3 is 2.35 bits per heavy atom.